The SMILES string of the molecule is CC(C)=O.CN1N=C2CCNC[C@@]2(Cc2ccccc2)C1=O.O=C(O)[C@H](O)[C@@H](O)C(=O)O. The quantitative estimate of drug-likeness (QED) is 0.395. The van der Waals surface area contributed by atoms with Crippen molar-refractivity contribution in [3.63, 3.8) is 0 Å². The van der Waals surface area contributed by atoms with Gasteiger partial charge in [-0.05, 0) is 25.8 Å². The molecule has 2 aliphatic heterocycles. The number of nitrogens with zero attached hydrogens (tertiary/aromatic N) is 2. The Morgan fingerprint density at radius 1 is 1.09 bits per heavy atom. The number of carboxylic acids is 2. The van der Waals surface area contributed by atoms with Gasteiger partial charge >= 0.3 is 11.9 Å². The predicted molar refractivity (Wildman–Crippen MR) is 114 cm³/mol. The summed E-state index contributed by atoms with van der Waals surface area (Å²) in [5.74, 6) is -3.25. The molecule has 1 fully saturated rings. The Morgan fingerprint density at radius 3 is 2.06 bits per heavy atom. The lowest BCUT2D eigenvalue weighted by atomic mass is 9.74. The van der Waals surface area contributed by atoms with E-state index in [9.17, 15) is 19.2 Å². The van der Waals surface area contributed by atoms with Gasteiger partial charge in [-0.1, -0.05) is 30.3 Å². The fourth-order valence-corrected chi connectivity index (χ4v) is 3.19. The summed E-state index contributed by atoms with van der Waals surface area (Å²) < 4.78 is 0. The lowest BCUT2D eigenvalue weighted by Crippen LogP contribution is -2.52. The van der Waals surface area contributed by atoms with Gasteiger partial charge in [0.1, 0.15) is 11.2 Å². The molecule has 11 nitrogen and oxygen atoms in total. The van der Waals surface area contributed by atoms with Gasteiger partial charge in [-0.2, -0.15) is 5.10 Å². The number of hydrogen-bond donors (Lipinski definition) is 5. The van der Waals surface area contributed by atoms with E-state index in [4.69, 9.17) is 20.4 Å². The van der Waals surface area contributed by atoms with Crippen molar-refractivity contribution in [1.82, 2.24) is 10.3 Å². The van der Waals surface area contributed by atoms with Gasteiger partial charge in [0.15, 0.2) is 12.2 Å². The number of carbonyl (C=O) groups excluding carboxylic acids is 2. The van der Waals surface area contributed by atoms with Crippen molar-refractivity contribution in [3.8, 4) is 0 Å². The zero-order chi connectivity index (χ0) is 24.5. The largest absolute Gasteiger partial charge is 0.479 e. The number of aliphatic hydroxyl groups is 2. The highest BCUT2D eigenvalue weighted by Crippen LogP contribution is 2.35. The van der Waals surface area contributed by atoms with Gasteiger partial charge in [0.25, 0.3) is 5.91 Å². The zero-order valence-corrected chi connectivity index (χ0v) is 18.2. The van der Waals surface area contributed by atoms with E-state index in [2.05, 4.69) is 22.6 Å². The molecule has 0 saturated carbocycles. The summed E-state index contributed by atoms with van der Waals surface area (Å²) in [7, 11) is 1.75. The van der Waals surface area contributed by atoms with Crippen molar-refractivity contribution >= 4 is 29.3 Å². The highest BCUT2D eigenvalue weighted by atomic mass is 16.4. The molecular formula is C21H29N3O8. The number of piperidine rings is 1. The average molecular weight is 451 g/mol. The molecule has 2 aliphatic rings. The van der Waals surface area contributed by atoms with E-state index < -0.39 is 29.6 Å². The number of carbonyl (C=O) groups is 4. The molecule has 2 heterocycles. The minimum atomic E-state index is -2.27. The zero-order valence-electron chi connectivity index (χ0n) is 18.2. The van der Waals surface area contributed by atoms with Gasteiger partial charge in [0, 0.05) is 26.6 Å². The number of aliphatic carboxylic acids is 2. The minimum absolute atomic E-state index is 0.119. The second-order valence-corrected chi connectivity index (χ2v) is 7.52. The minimum Gasteiger partial charge on any atom is -0.479 e. The summed E-state index contributed by atoms with van der Waals surface area (Å²) >= 11 is 0. The second-order valence-electron chi connectivity index (χ2n) is 7.52. The molecular weight excluding hydrogens is 422 g/mol. The third-order valence-corrected chi connectivity index (χ3v) is 4.65. The van der Waals surface area contributed by atoms with E-state index in [-0.39, 0.29) is 11.7 Å². The summed E-state index contributed by atoms with van der Waals surface area (Å²) in [5.41, 5.74) is 1.78. The Hall–Kier alpha value is -3.15. The smallest absolute Gasteiger partial charge is 0.335 e. The lowest BCUT2D eigenvalue weighted by Gasteiger charge is -2.33. The average Bonchev–Trinajstić information content (AvgIpc) is 2.98. The van der Waals surface area contributed by atoms with Crippen LogP contribution in [0.25, 0.3) is 0 Å². The third kappa shape index (κ3) is 7.22. The van der Waals surface area contributed by atoms with Gasteiger partial charge in [-0.3, -0.25) is 4.79 Å². The number of ketones is 1. The molecule has 1 aromatic rings. The number of amides is 1. The Kier molecular flexibility index (Phi) is 10.1. The number of Topliss-reactive ketones (excluding diaryl/α,β-unsaturated/α-hetero) is 1. The number of aliphatic hydroxyl groups excluding tert-OH is 2. The molecule has 11 heteroatoms. The summed E-state index contributed by atoms with van der Waals surface area (Å²) in [6.07, 6.45) is -2.93. The number of nitrogens with one attached hydrogen (secondary N) is 1. The molecule has 32 heavy (non-hydrogen) atoms. The molecule has 1 aromatic carbocycles. The topological polar surface area (TPSA) is 177 Å². The van der Waals surface area contributed by atoms with Crippen molar-refractivity contribution in [2.45, 2.75) is 38.9 Å². The maximum absolute atomic E-state index is 12.4. The predicted octanol–water partition coefficient (Wildman–Crippen LogP) is -0.490. The fraction of sp³-hybridized carbons (Fsp3) is 0.476. The van der Waals surface area contributed by atoms with Crippen LogP contribution in [0.15, 0.2) is 35.4 Å². The lowest BCUT2D eigenvalue weighted by molar-refractivity contribution is -0.165. The van der Waals surface area contributed by atoms with E-state index >= 15 is 0 Å². The van der Waals surface area contributed by atoms with Crippen molar-refractivity contribution in [1.29, 1.82) is 0 Å². The number of fused-ring (bicyclic) bond motifs is 1. The number of hydrogen-bond acceptors (Lipinski definition) is 8. The molecule has 0 bridgehead atoms. The van der Waals surface area contributed by atoms with Crippen molar-refractivity contribution < 1.29 is 39.6 Å². The highest BCUT2D eigenvalue weighted by Gasteiger charge is 2.50. The standard InChI is InChI=1S/C14H17N3O.C4H6O6.C3H6O/c1-17-13(18)14(9-11-5-3-2-4-6-11)10-15-8-7-12(14)16-17;5-1(3(7)8)2(6)4(9)10;1-3(2)4/h2-6,15H,7-10H2,1H3;1-2,5-6H,(H,7,8)(H,9,10);1-2H3/t14-;1-,2-;/m11./s1. The number of carboxylic acid groups (broad SMARTS) is 2. The van der Waals surface area contributed by atoms with Crippen LogP contribution in [0.4, 0.5) is 0 Å². The molecule has 1 saturated heterocycles. The molecule has 0 radical (unpaired) electrons. The Balaban J connectivity index is 0.000000311. The van der Waals surface area contributed by atoms with E-state index in [0.29, 0.717) is 6.54 Å². The van der Waals surface area contributed by atoms with Crippen LogP contribution in [-0.4, -0.2) is 87.1 Å². The first kappa shape index (κ1) is 26.9. The van der Waals surface area contributed by atoms with Gasteiger partial charge in [-0.15, -0.1) is 0 Å². The van der Waals surface area contributed by atoms with Crippen molar-refractivity contribution in [2.75, 3.05) is 20.1 Å². The third-order valence-electron chi connectivity index (χ3n) is 4.65. The number of benzene rings is 1. The first-order valence-electron chi connectivity index (χ1n) is 9.82. The Labute approximate surface area is 185 Å². The summed E-state index contributed by atoms with van der Waals surface area (Å²) in [4.78, 5) is 41.4. The first-order chi connectivity index (χ1) is 14.9. The van der Waals surface area contributed by atoms with Crippen LogP contribution in [-0.2, 0) is 25.6 Å². The van der Waals surface area contributed by atoms with E-state index in [1.165, 1.54) is 24.4 Å². The molecule has 5 N–H and O–H groups in total. The number of hydrazone groups is 1. The van der Waals surface area contributed by atoms with Crippen LogP contribution in [0.1, 0.15) is 25.8 Å². The van der Waals surface area contributed by atoms with Crippen molar-refractivity contribution in [3.05, 3.63) is 35.9 Å². The number of rotatable bonds is 5. The monoisotopic (exact) mass is 451 g/mol. The normalized spacial score (nSPS) is 21.0. The van der Waals surface area contributed by atoms with Crippen LogP contribution < -0.4 is 5.32 Å². The fourth-order valence-electron chi connectivity index (χ4n) is 3.19. The second kappa shape index (κ2) is 12.0. The molecule has 0 unspecified atom stereocenters. The van der Waals surface area contributed by atoms with Crippen LogP contribution in [0.5, 0.6) is 0 Å². The Morgan fingerprint density at radius 2 is 1.59 bits per heavy atom. The van der Waals surface area contributed by atoms with Crippen LogP contribution in [0, 0.1) is 5.41 Å². The van der Waals surface area contributed by atoms with E-state index in [1.54, 1.807) is 7.05 Å². The van der Waals surface area contributed by atoms with Gasteiger partial charge in [-0.25, -0.2) is 14.6 Å². The van der Waals surface area contributed by atoms with Gasteiger partial charge in [0.2, 0.25) is 0 Å². The molecule has 0 aliphatic carbocycles. The summed E-state index contributed by atoms with van der Waals surface area (Å²) in [6, 6.07) is 10.2. The Bertz CT molecular complexity index is 836. The molecule has 3 rings (SSSR count). The van der Waals surface area contributed by atoms with Crippen LogP contribution in [0.2, 0.25) is 0 Å². The van der Waals surface area contributed by atoms with Gasteiger partial charge < -0.3 is 30.5 Å². The molecule has 1 amide bonds. The summed E-state index contributed by atoms with van der Waals surface area (Å²) in [6.45, 7) is 4.67. The van der Waals surface area contributed by atoms with E-state index in [0.717, 1.165) is 25.1 Å². The van der Waals surface area contributed by atoms with Crippen LogP contribution in [0.3, 0.4) is 0 Å². The molecule has 0 aromatic heterocycles. The molecule has 3 atom stereocenters. The molecule has 176 valence electrons. The highest BCUT2D eigenvalue weighted by molar-refractivity contribution is 6.13. The summed E-state index contributed by atoms with van der Waals surface area (Å²) in [5, 5.41) is 41.8. The maximum atomic E-state index is 12.4. The van der Waals surface area contributed by atoms with Crippen LogP contribution >= 0.6 is 0 Å². The van der Waals surface area contributed by atoms with Crippen molar-refractivity contribution in [2.24, 2.45) is 10.5 Å². The molecule has 0 spiro atoms. The first-order valence-corrected chi connectivity index (χ1v) is 9.82. The van der Waals surface area contributed by atoms with Gasteiger partial charge in [0.05, 0.1) is 5.71 Å². The van der Waals surface area contributed by atoms with E-state index in [1.807, 2.05) is 18.2 Å². The maximum Gasteiger partial charge on any atom is 0.335 e.